The fraction of sp³-hybridized carbons (Fsp3) is 0.214. The molecule has 2 aromatic heterocycles. The second-order valence-electron chi connectivity index (χ2n) is 8.95. The van der Waals surface area contributed by atoms with Crippen molar-refractivity contribution in [3.05, 3.63) is 104 Å². The zero-order valence-electron chi connectivity index (χ0n) is 19.9. The number of ketones is 1. The van der Waals surface area contributed by atoms with Crippen LogP contribution in [0.25, 0.3) is 5.69 Å². The van der Waals surface area contributed by atoms with Gasteiger partial charge in [-0.1, -0.05) is 36.4 Å². The number of carbonyl (C=O) groups excluding carboxylic acids is 1. The van der Waals surface area contributed by atoms with Crippen LogP contribution in [0, 0.1) is 0 Å². The first-order chi connectivity index (χ1) is 17.6. The summed E-state index contributed by atoms with van der Waals surface area (Å²) in [5.41, 5.74) is 3.19. The van der Waals surface area contributed by atoms with Crippen LogP contribution in [0.15, 0.2) is 82.1 Å². The number of aromatic amines is 1. The van der Waals surface area contributed by atoms with Gasteiger partial charge in [-0.2, -0.15) is 0 Å². The van der Waals surface area contributed by atoms with Crippen LogP contribution < -0.4 is 20.3 Å². The summed E-state index contributed by atoms with van der Waals surface area (Å²) >= 11 is 1.67. The molecule has 0 unspecified atom stereocenters. The highest BCUT2D eigenvalue weighted by Gasteiger charge is 2.42. The highest BCUT2D eigenvalue weighted by molar-refractivity contribution is 7.10. The van der Waals surface area contributed by atoms with Crippen molar-refractivity contribution in [2.24, 2.45) is 0 Å². The third kappa shape index (κ3) is 3.48. The van der Waals surface area contributed by atoms with Gasteiger partial charge in [0.25, 0.3) is 5.56 Å². The number of rotatable bonds is 5. The number of aromatic nitrogens is 2. The van der Waals surface area contributed by atoms with E-state index in [2.05, 4.69) is 16.5 Å². The van der Waals surface area contributed by atoms with Crippen LogP contribution in [0.4, 0.5) is 5.82 Å². The first-order valence-electron chi connectivity index (χ1n) is 11.8. The molecule has 7 nitrogen and oxygen atoms in total. The fourth-order valence-corrected chi connectivity index (χ4v) is 6.26. The smallest absolute Gasteiger partial charge is 0.277 e. The van der Waals surface area contributed by atoms with Gasteiger partial charge in [-0.3, -0.25) is 14.7 Å². The zero-order valence-corrected chi connectivity index (χ0v) is 20.7. The van der Waals surface area contributed by atoms with Gasteiger partial charge in [-0.25, -0.2) is 4.68 Å². The number of benzene rings is 2. The third-order valence-electron chi connectivity index (χ3n) is 6.99. The molecule has 182 valence electrons. The van der Waals surface area contributed by atoms with Crippen molar-refractivity contribution in [2.75, 3.05) is 19.5 Å². The predicted octanol–water partition coefficient (Wildman–Crippen LogP) is 5.20. The van der Waals surface area contributed by atoms with Crippen molar-refractivity contribution in [3.8, 4) is 17.2 Å². The number of ether oxygens (including phenoxy) is 2. The Morgan fingerprint density at radius 2 is 1.78 bits per heavy atom. The summed E-state index contributed by atoms with van der Waals surface area (Å²) in [6.07, 6.45) is 1.08. The van der Waals surface area contributed by atoms with Crippen molar-refractivity contribution >= 4 is 22.9 Å². The number of carbonyl (C=O) groups is 1. The molecule has 2 atom stereocenters. The Kier molecular flexibility index (Phi) is 5.53. The zero-order chi connectivity index (χ0) is 24.8. The molecule has 8 heteroatoms. The largest absolute Gasteiger partial charge is 0.493 e. The van der Waals surface area contributed by atoms with Crippen LogP contribution in [-0.4, -0.2) is 29.8 Å². The molecule has 0 fully saturated rings. The molecule has 36 heavy (non-hydrogen) atoms. The number of anilines is 1. The fourth-order valence-electron chi connectivity index (χ4n) is 5.43. The van der Waals surface area contributed by atoms with Gasteiger partial charge in [0.1, 0.15) is 5.82 Å². The lowest BCUT2D eigenvalue weighted by Gasteiger charge is -2.34. The minimum absolute atomic E-state index is 0.0366. The molecule has 2 aliphatic rings. The molecule has 6 rings (SSSR count). The van der Waals surface area contributed by atoms with Crippen LogP contribution in [-0.2, 0) is 4.79 Å². The summed E-state index contributed by atoms with van der Waals surface area (Å²) in [4.78, 5) is 28.8. The topological polar surface area (TPSA) is 85.4 Å². The van der Waals surface area contributed by atoms with E-state index >= 15 is 0 Å². The minimum Gasteiger partial charge on any atom is -0.493 e. The first kappa shape index (κ1) is 22.4. The standard InChI is InChI=1S/C28H25N3O4S/c1-34-21-11-6-10-18(26(21)35-2)23-24-19(14-16(15-20(24)32)22-12-7-13-36-22)29-27-25(23)28(33)31(30-27)17-8-4-3-5-9-17/h3-13,16,23,29-30H,14-15H2,1-2H3/t16-,23-/m0/s1. The van der Waals surface area contributed by atoms with E-state index in [0.29, 0.717) is 41.3 Å². The van der Waals surface area contributed by atoms with Gasteiger partial charge in [0.2, 0.25) is 0 Å². The highest BCUT2D eigenvalue weighted by Crippen LogP contribution is 2.50. The number of para-hydroxylation sites is 2. The molecule has 0 amide bonds. The summed E-state index contributed by atoms with van der Waals surface area (Å²) in [6, 6.07) is 19.1. The normalized spacial score (nSPS) is 18.9. The van der Waals surface area contributed by atoms with Crippen LogP contribution >= 0.6 is 11.3 Å². The second-order valence-corrected chi connectivity index (χ2v) is 9.93. The van der Waals surface area contributed by atoms with E-state index in [0.717, 1.165) is 16.9 Å². The van der Waals surface area contributed by atoms with E-state index in [-0.39, 0.29) is 17.3 Å². The SMILES string of the molecule is COc1cccc([C@H]2C3=C(C[C@H](c4cccs4)CC3=O)Nc3[nH]n(-c4ccccc4)c(=O)c32)c1OC. The number of fused-ring (bicyclic) bond motifs is 1. The van der Waals surface area contributed by atoms with Crippen molar-refractivity contribution in [3.63, 3.8) is 0 Å². The highest BCUT2D eigenvalue weighted by atomic mass is 32.1. The summed E-state index contributed by atoms with van der Waals surface area (Å²) in [5, 5.41) is 8.73. The molecular formula is C28H25N3O4S. The number of H-pyrrole nitrogens is 1. The van der Waals surface area contributed by atoms with Gasteiger partial charge in [0.05, 0.1) is 31.4 Å². The van der Waals surface area contributed by atoms with Crippen molar-refractivity contribution in [2.45, 2.75) is 24.7 Å². The molecule has 0 spiro atoms. The maximum atomic E-state index is 13.9. The Morgan fingerprint density at radius 1 is 0.944 bits per heavy atom. The van der Waals surface area contributed by atoms with E-state index in [1.54, 1.807) is 25.6 Å². The second kappa shape index (κ2) is 8.87. The predicted molar refractivity (Wildman–Crippen MR) is 140 cm³/mol. The number of nitrogens with zero attached hydrogens (tertiary/aromatic N) is 1. The molecule has 0 saturated carbocycles. The van der Waals surface area contributed by atoms with Crippen LogP contribution in [0.5, 0.6) is 11.5 Å². The van der Waals surface area contributed by atoms with Crippen LogP contribution in [0.1, 0.15) is 40.7 Å². The Bertz CT molecular complexity index is 1530. The number of nitrogens with one attached hydrogen (secondary N) is 2. The van der Waals surface area contributed by atoms with Gasteiger partial charge in [-0.05, 0) is 36.1 Å². The average molecular weight is 500 g/mol. The van der Waals surface area contributed by atoms with Gasteiger partial charge >= 0.3 is 0 Å². The maximum absolute atomic E-state index is 13.9. The average Bonchev–Trinajstić information content (AvgIpc) is 3.56. The van der Waals surface area contributed by atoms with E-state index in [1.165, 1.54) is 9.56 Å². The van der Waals surface area contributed by atoms with E-state index in [4.69, 9.17) is 9.47 Å². The molecule has 0 radical (unpaired) electrons. The summed E-state index contributed by atoms with van der Waals surface area (Å²) in [6.45, 7) is 0. The van der Waals surface area contributed by atoms with Crippen molar-refractivity contribution in [1.29, 1.82) is 0 Å². The Balaban J connectivity index is 1.58. The number of hydrogen-bond donors (Lipinski definition) is 2. The molecule has 2 N–H and O–H groups in total. The molecule has 0 saturated heterocycles. The number of methoxy groups -OCH3 is 2. The molecule has 1 aliphatic heterocycles. The molecular weight excluding hydrogens is 474 g/mol. The number of allylic oxidation sites excluding steroid dienone is 2. The van der Waals surface area contributed by atoms with Gasteiger partial charge in [0, 0.05) is 34.0 Å². The third-order valence-corrected chi connectivity index (χ3v) is 8.03. The molecule has 1 aliphatic carbocycles. The Labute approximate surface area is 212 Å². The van der Waals surface area contributed by atoms with Gasteiger partial charge in [-0.15, -0.1) is 11.3 Å². The lowest BCUT2D eigenvalue weighted by atomic mass is 9.73. The number of hydrogen-bond acceptors (Lipinski definition) is 6. The quantitative estimate of drug-likeness (QED) is 0.394. The van der Waals surface area contributed by atoms with Crippen LogP contribution in [0.2, 0.25) is 0 Å². The number of thiophene rings is 1. The maximum Gasteiger partial charge on any atom is 0.277 e. The van der Waals surface area contributed by atoms with Gasteiger partial charge in [0.15, 0.2) is 17.3 Å². The van der Waals surface area contributed by atoms with E-state index in [1.807, 2.05) is 60.0 Å². The molecule has 3 heterocycles. The molecule has 2 aromatic carbocycles. The summed E-state index contributed by atoms with van der Waals surface area (Å²) < 4.78 is 12.8. The van der Waals surface area contributed by atoms with Crippen LogP contribution in [0.3, 0.4) is 0 Å². The molecule has 4 aromatic rings. The Hall–Kier alpha value is -4.04. The van der Waals surface area contributed by atoms with Crippen molar-refractivity contribution in [1.82, 2.24) is 9.78 Å². The van der Waals surface area contributed by atoms with E-state index in [9.17, 15) is 9.59 Å². The Morgan fingerprint density at radius 3 is 2.50 bits per heavy atom. The lowest BCUT2D eigenvalue weighted by Crippen LogP contribution is -2.32. The van der Waals surface area contributed by atoms with Gasteiger partial charge < -0.3 is 14.8 Å². The number of Topliss-reactive ketones (excluding diaryl/α,β-unsaturated/α-hetero) is 1. The minimum atomic E-state index is -0.591. The van der Waals surface area contributed by atoms with E-state index < -0.39 is 5.92 Å². The summed E-state index contributed by atoms with van der Waals surface area (Å²) in [7, 11) is 3.16. The monoisotopic (exact) mass is 499 g/mol. The van der Waals surface area contributed by atoms with Crippen molar-refractivity contribution < 1.29 is 14.3 Å². The first-order valence-corrected chi connectivity index (χ1v) is 12.7. The lowest BCUT2D eigenvalue weighted by molar-refractivity contribution is -0.116. The molecule has 0 bridgehead atoms. The summed E-state index contributed by atoms with van der Waals surface area (Å²) in [5.74, 6) is 1.21.